The van der Waals surface area contributed by atoms with Crippen LogP contribution >= 0.6 is 11.3 Å². The minimum atomic E-state index is -0.547. The molecule has 0 saturated heterocycles. The van der Waals surface area contributed by atoms with E-state index in [4.69, 9.17) is 0 Å². The Morgan fingerprint density at radius 1 is 1.57 bits per heavy atom. The fourth-order valence-electron chi connectivity index (χ4n) is 0.877. The molecule has 1 aromatic rings. The first-order valence-corrected chi connectivity index (χ1v) is 5.00. The normalized spacial score (nSPS) is 11.9. The Kier molecular flexibility index (Phi) is 3.58. The molecule has 6 heteroatoms. The average molecular weight is 213 g/mol. The molecular formula is C8H11N3O2S. The van der Waals surface area contributed by atoms with E-state index in [9.17, 15) is 9.59 Å². The first-order chi connectivity index (χ1) is 6.65. The van der Waals surface area contributed by atoms with Crippen LogP contribution < -0.4 is 10.6 Å². The number of likely N-dealkylation sites (N-methyl/N-ethyl adjacent to an activating group) is 1. The third-order valence-electron chi connectivity index (χ3n) is 1.65. The van der Waals surface area contributed by atoms with Crippen LogP contribution in [0.15, 0.2) is 10.9 Å². The zero-order chi connectivity index (χ0) is 10.6. The van der Waals surface area contributed by atoms with Crippen LogP contribution in [0.5, 0.6) is 0 Å². The molecule has 1 unspecified atom stereocenters. The van der Waals surface area contributed by atoms with Gasteiger partial charge in [0.15, 0.2) is 0 Å². The van der Waals surface area contributed by atoms with E-state index in [1.807, 2.05) is 0 Å². The van der Waals surface area contributed by atoms with E-state index in [1.54, 1.807) is 17.8 Å². The average Bonchev–Trinajstić information content (AvgIpc) is 2.69. The highest BCUT2D eigenvalue weighted by molar-refractivity contribution is 7.07. The van der Waals surface area contributed by atoms with E-state index in [-0.39, 0.29) is 11.8 Å². The molecule has 1 rings (SSSR count). The molecule has 2 N–H and O–H groups in total. The van der Waals surface area contributed by atoms with Crippen LogP contribution in [0.25, 0.3) is 0 Å². The SMILES string of the molecule is CNC(=O)C(C)NC(=O)c1cscn1. The highest BCUT2D eigenvalue weighted by atomic mass is 32.1. The summed E-state index contributed by atoms with van der Waals surface area (Å²) in [5, 5.41) is 6.60. The molecule has 0 aliphatic rings. The number of nitrogens with one attached hydrogen (secondary N) is 2. The van der Waals surface area contributed by atoms with Gasteiger partial charge in [-0.15, -0.1) is 11.3 Å². The van der Waals surface area contributed by atoms with Gasteiger partial charge in [-0.2, -0.15) is 0 Å². The molecule has 76 valence electrons. The van der Waals surface area contributed by atoms with Crippen LogP contribution in [0.3, 0.4) is 0 Å². The summed E-state index contributed by atoms with van der Waals surface area (Å²) >= 11 is 1.34. The lowest BCUT2D eigenvalue weighted by Gasteiger charge is -2.10. The van der Waals surface area contributed by atoms with Gasteiger partial charge >= 0.3 is 0 Å². The van der Waals surface area contributed by atoms with Crippen LogP contribution in [0, 0.1) is 0 Å². The molecule has 0 aliphatic heterocycles. The number of nitrogens with zero attached hydrogens (tertiary/aromatic N) is 1. The summed E-state index contributed by atoms with van der Waals surface area (Å²) in [6.45, 7) is 1.61. The monoisotopic (exact) mass is 213 g/mol. The van der Waals surface area contributed by atoms with E-state index in [2.05, 4.69) is 15.6 Å². The minimum absolute atomic E-state index is 0.228. The molecule has 0 spiro atoms. The Balaban J connectivity index is 2.53. The lowest BCUT2D eigenvalue weighted by molar-refractivity contribution is -0.122. The predicted molar refractivity (Wildman–Crippen MR) is 53.1 cm³/mol. The van der Waals surface area contributed by atoms with E-state index in [0.29, 0.717) is 5.69 Å². The van der Waals surface area contributed by atoms with Crippen molar-refractivity contribution in [3.05, 3.63) is 16.6 Å². The summed E-state index contributed by atoms with van der Waals surface area (Å²) < 4.78 is 0. The zero-order valence-electron chi connectivity index (χ0n) is 7.90. The van der Waals surface area contributed by atoms with Gasteiger partial charge in [0.25, 0.3) is 5.91 Å². The molecule has 0 aromatic carbocycles. The standard InChI is InChI=1S/C8H11N3O2S/c1-5(7(12)9-2)11-8(13)6-3-14-4-10-6/h3-5H,1-2H3,(H,9,12)(H,11,13). The molecule has 0 radical (unpaired) electrons. The fourth-order valence-corrected chi connectivity index (χ4v) is 1.41. The van der Waals surface area contributed by atoms with Gasteiger partial charge in [0.05, 0.1) is 5.51 Å². The van der Waals surface area contributed by atoms with Crippen LogP contribution in [0.2, 0.25) is 0 Å². The number of amides is 2. The fraction of sp³-hybridized carbons (Fsp3) is 0.375. The number of hydrogen-bond donors (Lipinski definition) is 2. The van der Waals surface area contributed by atoms with Gasteiger partial charge in [-0.25, -0.2) is 4.98 Å². The maximum atomic E-state index is 11.4. The minimum Gasteiger partial charge on any atom is -0.357 e. The summed E-state index contributed by atoms with van der Waals surface area (Å²) in [4.78, 5) is 26.3. The summed E-state index contributed by atoms with van der Waals surface area (Å²) in [7, 11) is 1.52. The summed E-state index contributed by atoms with van der Waals surface area (Å²) in [5.74, 6) is -0.559. The van der Waals surface area contributed by atoms with Crippen molar-refractivity contribution < 1.29 is 9.59 Å². The van der Waals surface area contributed by atoms with Crippen LogP contribution in [0.4, 0.5) is 0 Å². The van der Waals surface area contributed by atoms with Crippen molar-refractivity contribution in [1.29, 1.82) is 0 Å². The van der Waals surface area contributed by atoms with Crippen molar-refractivity contribution in [1.82, 2.24) is 15.6 Å². The van der Waals surface area contributed by atoms with E-state index >= 15 is 0 Å². The molecule has 0 fully saturated rings. The first-order valence-electron chi connectivity index (χ1n) is 4.05. The van der Waals surface area contributed by atoms with Gasteiger partial charge in [0.2, 0.25) is 5.91 Å². The van der Waals surface area contributed by atoms with E-state index in [0.717, 1.165) is 0 Å². The molecule has 0 aliphatic carbocycles. The third-order valence-corrected chi connectivity index (χ3v) is 2.24. The Hall–Kier alpha value is -1.43. The summed E-state index contributed by atoms with van der Waals surface area (Å²) in [5.41, 5.74) is 1.91. The highest BCUT2D eigenvalue weighted by Crippen LogP contribution is 2.00. The van der Waals surface area contributed by atoms with Crippen molar-refractivity contribution >= 4 is 23.2 Å². The van der Waals surface area contributed by atoms with Gasteiger partial charge in [0.1, 0.15) is 11.7 Å². The predicted octanol–water partition coefficient (Wildman–Crippen LogP) is 0.00740. The van der Waals surface area contributed by atoms with Crippen LogP contribution in [-0.4, -0.2) is 29.9 Å². The molecular weight excluding hydrogens is 202 g/mol. The van der Waals surface area contributed by atoms with Crippen molar-refractivity contribution in [3.8, 4) is 0 Å². The van der Waals surface area contributed by atoms with E-state index < -0.39 is 6.04 Å². The highest BCUT2D eigenvalue weighted by Gasteiger charge is 2.15. The molecule has 14 heavy (non-hydrogen) atoms. The van der Waals surface area contributed by atoms with Gasteiger partial charge in [-0.05, 0) is 6.92 Å². The summed E-state index contributed by atoms with van der Waals surface area (Å²) in [6.07, 6.45) is 0. The number of carbonyl (C=O) groups is 2. The van der Waals surface area contributed by atoms with Gasteiger partial charge in [-0.3, -0.25) is 9.59 Å². The van der Waals surface area contributed by atoms with E-state index in [1.165, 1.54) is 18.4 Å². The summed E-state index contributed by atoms with van der Waals surface area (Å²) in [6, 6.07) is -0.547. The number of thiazole rings is 1. The number of rotatable bonds is 3. The Labute approximate surface area is 85.5 Å². The molecule has 5 nitrogen and oxygen atoms in total. The lowest BCUT2D eigenvalue weighted by atomic mass is 10.3. The van der Waals surface area contributed by atoms with Crippen LogP contribution in [0.1, 0.15) is 17.4 Å². The molecule has 1 aromatic heterocycles. The van der Waals surface area contributed by atoms with Crippen molar-refractivity contribution in [3.63, 3.8) is 0 Å². The Morgan fingerprint density at radius 2 is 2.29 bits per heavy atom. The van der Waals surface area contributed by atoms with Crippen molar-refractivity contribution in [2.45, 2.75) is 13.0 Å². The number of hydrogen-bond acceptors (Lipinski definition) is 4. The van der Waals surface area contributed by atoms with Crippen molar-refractivity contribution in [2.75, 3.05) is 7.05 Å². The van der Waals surface area contributed by atoms with Crippen molar-refractivity contribution in [2.24, 2.45) is 0 Å². The van der Waals surface area contributed by atoms with Crippen LogP contribution in [-0.2, 0) is 4.79 Å². The maximum absolute atomic E-state index is 11.4. The smallest absolute Gasteiger partial charge is 0.271 e. The number of aromatic nitrogens is 1. The number of carbonyl (C=O) groups excluding carboxylic acids is 2. The lowest BCUT2D eigenvalue weighted by Crippen LogP contribution is -2.43. The Bertz CT molecular complexity index is 323. The zero-order valence-corrected chi connectivity index (χ0v) is 8.72. The second kappa shape index (κ2) is 4.71. The maximum Gasteiger partial charge on any atom is 0.271 e. The molecule has 1 atom stereocenters. The molecule has 0 saturated carbocycles. The second-order valence-electron chi connectivity index (χ2n) is 2.68. The molecule has 1 heterocycles. The Morgan fingerprint density at radius 3 is 2.79 bits per heavy atom. The second-order valence-corrected chi connectivity index (χ2v) is 3.40. The first kappa shape index (κ1) is 10.6. The van der Waals surface area contributed by atoms with Gasteiger partial charge < -0.3 is 10.6 Å². The third kappa shape index (κ3) is 2.53. The quantitative estimate of drug-likeness (QED) is 0.743. The van der Waals surface area contributed by atoms with Gasteiger partial charge in [-0.1, -0.05) is 0 Å². The molecule has 0 bridgehead atoms. The largest absolute Gasteiger partial charge is 0.357 e. The van der Waals surface area contributed by atoms with Gasteiger partial charge in [0, 0.05) is 12.4 Å². The molecule has 2 amide bonds. The topological polar surface area (TPSA) is 71.1 Å².